The fraction of sp³-hybridized carbons (Fsp3) is 0.312. The van der Waals surface area contributed by atoms with Gasteiger partial charge in [-0.1, -0.05) is 11.6 Å². The number of halogens is 1. The number of rotatable bonds is 3. The number of fused-ring (bicyclic) bond motifs is 1. The molecule has 2 unspecified atom stereocenters. The van der Waals surface area contributed by atoms with Crippen LogP contribution < -0.4 is 14.8 Å². The molecule has 2 atom stereocenters. The van der Waals surface area contributed by atoms with Gasteiger partial charge in [-0.15, -0.1) is 0 Å². The Morgan fingerprint density at radius 2 is 2.19 bits per heavy atom. The van der Waals surface area contributed by atoms with E-state index in [1.807, 2.05) is 37.4 Å². The highest BCUT2D eigenvalue weighted by molar-refractivity contribution is 6.30. The highest BCUT2D eigenvalue weighted by atomic mass is 35.5. The topological polar surface area (TPSA) is 43.4 Å². The van der Waals surface area contributed by atoms with E-state index in [9.17, 15) is 0 Å². The van der Waals surface area contributed by atoms with Crippen LogP contribution in [0.5, 0.6) is 11.6 Å². The SMILES string of the molecule is CNC1CC(c2ccc(OC)nc2)Oc2ccc(Cl)cc21. The molecule has 4 nitrogen and oxygen atoms in total. The third-order valence-corrected chi connectivity index (χ3v) is 3.99. The van der Waals surface area contributed by atoms with Crippen LogP contribution in [0.25, 0.3) is 0 Å². The summed E-state index contributed by atoms with van der Waals surface area (Å²) in [6.45, 7) is 0. The number of ether oxygens (including phenoxy) is 2. The van der Waals surface area contributed by atoms with Crippen molar-refractivity contribution in [1.82, 2.24) is 10.3 Å². The first kappa shape index (κ1) is 14.2. The molecular formula is C16H17ClN2O2. The number of benzene rings is 1. The summed E-state index contributed by atoms with van der Waals surface area (Å²) < 4.78 is 11.2. The summed E-state index contributed by atoms with van der Waals surface area (Å²) in [6.07, 6.45) is 2.60. The summed E-state index contributed by atoms with van der Waals surface area (Å²) in [5.74, 6) is 1.47. The van der Waals surface area contributed by atoms with Crippen molar-refractivity contribution >= 4 is 11.6 Å². The molecule has 1 aromatic carbocycles. The first-order chi connectivity index (χ1) is 10.2. The Labute approximate surface area is 129 Å². The number of hydrogen-bond acceptors (Lipinski definition) is 4. The van der Waals surface area contributed by atoms with Crippen LogP contribution in [-0.2, 0) is 0 Å². The van der Waals surface area contributed by atoms with Crippen LogP contribution in [0.3, 0.4) is 0 Å². The van der Waals surface area contributed by atoms with Crippen molar-refractivity contribution in [2.45, 2.75) is 18.6 Å². The fourth-order valence-corrected chi connectivity index (χ4v) is 2.80. The second kappa shape index (κ2) is 5.92. The number of nitrogens with zero attached hydrogens (tertiary/aromatic N) is 1. The van der Waals surface area contributed by atoms with Gasteiger partial charge in [0.15, 0.2) is 0 Å². The smallest absolute Gasteiger partial charge is 0.212 e. The number of aromatic nitrogens is 1. The van der Waals surface area contributed by atoms with Crippen LogP contribution in [0, 0.1) is 0 Å². The summed E-state index contributed by atoms with van der Waals surface area (Å²) in [5.41, 5.74) is 2.14. The summed E-state index contributed by atoms with van der Waals surface area (Å²) in [7, 11) is 3.56. The van der Waals surface area contributed by atoms with Gasteiger partial charge in [-0.3, -0.25) is 0 Å². The van der Waals surface area contributed by atoms with Gasteiger partial charge < -0.3 is 14.8 Å². The Kier molecular flexibility index (Phi) is 3.99. The molecule has 5 heteroatoms. The molecule has 1 aliphatic heterocycles. The Balaban J connectivity index is 1.90. The van der Waals surface area contributed by atoms with Crippen LogP contribution in [0.15, 0.2) is 36.5 Å². The molecule has 0 radical (unpaired) electrons. The number of pyridine rings is 1. The zero-order valence-corrected chi connectivity index (χ0v) is 12.7. The maximum absolute atomic E-state index is 6.10. The first-order valence-electron chi connectivity index (χ1n) is 6.84. The number of methoxy groups -OCH3 is 1. The van der Waals surface area contributed by atoms with Gasteiger partial charge in [-0.2, -0.15) is 0 Å². The molecule has 21 heavy (non-hydrogen) atoms. The van der Waals surface area contributed by atoms with Crippen molar-refractivity contribution in [3.05, 3.63) is 52.7 Å². The maximum Gasteiger partial charge on any atom is 0.212 e. The van der Waals surface area contributed by atoms with Crippen LogP contribution in [0.1, 0.15) is 29.7 Å². The predicted molar refractivity (Wildman–Crippen MR) is 82.0 cm³/mol. The molecule has 3 rings (SSSR count). The van der Waals surface area contributed by atoms with E-state index in [2.05, 4.69) is 10.3 Å². The van der Waals surface area contributed by atoms with Crippen LogP contribution in [-0.4, -0.2) is 19.1 Å². The largest absolute Gasteiger partial charge is 0.485 e. The Morgan fingerprint density at radius 1 is 1.33 bits per heavy atom. The van der Waals surface area contributed by atoms with Gasteiger partial charge in [0.25, 0.3) is 0 Å². The molecular weight excluding hydrogens is 288 g/mol. The molecule has 0 spiro atoms. The van der Waals surface area contributed by atoms with Crippen molar-refractivity contribution in [3.63, 3.8) is 0 Å². The molecule has 110 valence electrons. The zero-order valence-electron chi connectivity index (χ0n) is 12.0. The van der Waals surface area contributed by atoms with Crippen LogP contribution in [0.2, 0.25) is 5.02 Å². The highest BCUT2D eigenvalue weighted by Gasteiger charge is 2.28. The normalized spacial score (nSPS) is 20.5. The van der Waals surface area contributed by atoms with Gasteiger partial charge in [-0.05, 0) is 31.3 Å². The van der Waals surface area contributed by atoms with Crippen molar-refractivity contribution in [3.8, 4) is 11.6 Å². The van der Waals surface area contributed by atoms with Gasteiger partial charge in [0.1, 0.15) is 11.9 Å². The lowest BCUT2D eigenvalue weighted by Crippen LogP contribution is -2.26. The molecule has 2 aromatic rings. The van der Waals surface area contributed by atoms with Crippen molar-refractivity contribution < 1.29 is 9.47 Å². The second-order valence-electron chi connectivity index (χ2n) is 5.00. The molecule has 0 bridgehead atoms. The summed E-state index contributed by atoms with van der Waals surface area (Å²) in [4.78, 5) is 4.25. The Hall–Kier alpha value is -1.78. The zero-order chi connectivity index (χ0) is 14.8. The Morgan fingerprint density at radius 3 is 2.86 bits per heavy atom. The van der Waals surface area contributed by atoms with Crippen LogP contribution in [0.4, 0.5) is 0 Å². The molecule has 0 saturated carbocycles. The van der Waals surface area contributed by atoms with Gasteiger partial charge in [0.2, 0.25) is 5.88 Å². The quantitative estimate of drug-likeness (QED) is 0.942. The maximum atomic E-state index is 6.10. The Bertz CT molecular complexity index is 631. The van der Waals surface area contributed by atoms with Crippen LogP contribution >= 0.6 is 11.6 Å². The van der Waals surface area contributed by atoms with Crippen molar-refractivity contribution in [2.75, 3.05) is 14.2 Å². The lowest BCUT2D eigenvalue weighted by Gasteiger charge is -2.32. The number of hydrogen-bond donors (Lipinski definition) is 1. The van der Waals surface area contributed by atoms with E-state index in [1.54, 1.807) is 13.3 Å². The van der Waals surface area contributed by atoms with E-state index in [1.165, 1.54) is 0 Å². The average Bonchev–Trinajstić information content (AvgIpc) is 2.54. The molecule has 2 heterocycles. The molecule has 1 N–H and O–H groups in total. The first-order valence-corrected chi connectivity index (χ1v) is 7.22. The summed E-state index contributed by atoms with van der Waals surface area (Å²) >= 11 is 6.08. The second-order valence-corrected chi connectivity index (χ2v) is 5.44. The van der Waals surface area contributed by atoms with Gasteiger partial charge in [0.05, 0.1) is 7.11 Å². The minimum atomic E-state index is -0.0328. The average molecular weight is 305 g/mol. The number of nitrogens with one attached hydrogen (secondary N) is 1. The molecule has 1 aromatic heterocycles. The summed E-state index contributed by atoms with van der Waals surface area (Å²) in [5, 5.41) is 4.05. The molecule has 0 fully saturated rings. The van der Waals surface area contributed by atoms with E-state index >= 15 is 0 Å². The minimum absolute atomic E-state index is 0.0328. The molecule has 1 aliphatic rings. The third kappa shape index (κ3) is 2.82. The monoisotopic (exact) mass is 304 g/mol. The van der Waals surface area contributed by atoms with E-state index in [0.29, 0.717) is 5.88 Å². The molecule has 0 aliphatic carbocycles. The third-order valence-electron chi connectivity index (χ3n) is 3.75. The predicted octanol–water partition coefficient (Wildman–Crippen LogP) is 3.53. The van der Waals surface area contributed by atoms with E-state index in [4.69, 9.17) is 21.1 Å². The lowest BCUT2D eigenvalue weighted by molar-refractivity contribution is 0.153. The van der Waals surface area contributed by atoms with Gasteiger partial charge in [-0.25, -0.2) is 4.98 Å². The molecule has 0 saturated heterocycles. The van der Waals surface area contributed by atoms with Gasteiger partial charge in [0, 0.05) is 40.9 Å². The van der Waals surface area contributed by atoms with Crippen molar-refractivity contribution in [2.24, 2.45) is 0 Å². The highest BCUT2D eigenvalue weighted by Crippen LogP contribution is 2.41. The minimum Gasteiger partial charge on any atom is -0.485 e. The van der Waals surface area contributed by atoms with E-state index in [-0.39, 0.29) is 12.1 Å². The summed E-state index contributed by atoms with van der Waals surface area (Å²) in [6, 6.07) is 9.78. The standard InChI is InChI=1S/C16H17ClN2O2/c1-18-13-8-15(10-3-6-16(20-2)19-9-10)21-14-5-4-11(17)7-12(13)14/h3-7,9,13,15,18H,8H2,1-2H3. The van der Waals surface area contributed by atoms with E-state index < -0.39 is 0 Å². The van der Waals surface area contributed by atoms with E-state index in [0.717, 1.165) is 28.3 Å². The fourth-order valence-electron chi connectivity index (χ4n) is 2.62. The van der Waals surface area contributed by atoms with Gasteiger partial charge >= 0.3 is 0 Å². The van der Waals surface area contributed by atoms with Crippen molar-refractivity contribution in [1.29, 1.82) is 0 Å². The lowest BCUT2D eigenvalue weighted by atomic mass is 9.94. The molecule has 0 amide bonds.